The van der Waals surface area contributed by atoms with Gasteiger partial charge in [-0.25, -0.2) is 0 Å². The van der Waals surface area contributed by atoms with Gasteiger partial charge >= 0.3 is 0 Å². The lowest BCUT2D eigenvalue weighted by Crippen LogP contribution is -2.49. The number of carbonyl (C=O) groups is 1. The quantitative estimate of drug-likeness (QED) is 0.366. The van der Waals surface area contributed by atoms with Gasteiger partial charge in [0.15, 0.2) is 0 Å². The lowest BCUT2D eigenvalue weighted by Gasteiger charge is -2.46. The minimum absolute atomic E-state index is 0.0188. The molecule has 0 aromatic heterocycles. The van der Waals surface area contributed by atoms with Gasteiger partial charge < -0.3 is 9.64 Å². The van der Waals surface area contributed by atoms with E-state index in [0.717, 1.165) is 28.3 Å². The van der Waals surface area contributed by atoms with Crippen molar-refractivity contribution in [1.82, 2.24) is 0 Å². The van der Waals surface area contributed by atoms with E-state index in [1.54, 1.807) is 7.11 Å². The van der Waals surface area contributed by atoms with E-state index in [1.165, 1.54) is 5.56 Å². The minimum atomic E-state index is -0.369. The van der Waals surface area contributed by atoms with Gasteiger partial charge in [-0.05, 0) is 42.8 Å². The SMILES string of the molecule is COc1ccccc1[C@@H]1N(Cc2ccccc2)c2ccccc2C(=O)N1c1ccc(C)cc1. The smallest absolute Gasteiger partial charge is 0.262 e. The molecule has 0 bridgehead atoms. The van der Waals surface area contributed by atoms with Crippen LogP contribution in [0.3, 0.4) is 0 Å². The molecule has 0 aliphatic carbocycles. The maximum atomic E-state index is 13.9. The molecule has 0 radical (unpaired) electrons. The Morgan fingerprint density at radius 1 is 0.788 bits per heavy atom. The number of rotatable bonds is 5. The summed E-state index contributed by atoms with van der Waals surface area (Å²) in [7, 11) is 1.68. The Morgan fingerprint density at radius 3 is 2.21 bits per heavy atom. The Kier molecular flexibility index (Phi) is 5.57. The Hall–Kier alpha value is -4.05. The lowest BCUT2D eigenvalue weighted by molar-refractivity contribution is 0.0968. The first kappa shape index (κ1) is 20.8. The molecular formula is C29H26N2O2. The number of hydrogen-bond donors (Lipinski definition) is 0. The number of methoxy groups -OCH3 is 1. The molecule has 0 spiro atoms. The molecule has 5 rings (SSSR count). The molecule has 4 heteroatoms. The van der Waals surface area contributed by atoms with Gasteiger partial charge in [0.1, 0.15) is 11.9 Å². The molecule has 0 unspecified atom stereocenters. The van der Waals surface area contributed by atoms with Crippen molar-refractivity contribution in [3.05, 3.63) is 125 Å². The number of hydrogen-bond acceptors (Lipinski definition) is 3. The van der Waals surface area contributed by atoms with E-state index in [4.69, 9.17) is 4.74 Å². The van der Waals surface area contributed by atoms with E-state index in [1.807, 2.05) is 95.9 Å². The maximum absolute atomic E-state index is 13.9. The van der Waals surface area contributed by atoms with Gasteiger partial charge in [-0.2, -0.15) is 0 Å². The molecule has 1 aliphatic heterocycles. The van der Waals surface area contributed by atoms with Crippen LogP contribution < -0.4 is 14.5 Å². The van der Waals surface area contributed by atoms with Crippen LogP contribution in [0.2, 0.25) is 0 Å². The number of amides is 1. The topological polar surface area (TPSA) is 32.8 Å². The van der Waals surface area contributed by atoms with E-state index >= 15 is 0 Å². The summed E-state index contributed by atoms with van der Waals surface area (Å²) < 4.78 is 5.76. The molecule has 1 atom stereocenters. The number of para-hydroxylation sites is 2. The van der Waals surface area contributed by atoms with Crippen LogP contribution in [-0.4, -0.2) is 13.0 Å². The summed E-state index contributed by atoms with van der Waals surface area (Å²) in [4.78, 5) is 18.1. The number of benzene rings is 4. The van der Waals surface area contributed by atoms with E-state index < -0.39 is 0 Å². The molecular weight excluding hydrogens is 408 g/mol. The molecule has 4 aromatic rings. The van der Waals surface area contributed by atoms with Gasteiger partial charge in [-0.3, -0.25) is 9.69 Å². The van der Waals surface area contributed by atoms with Crippen LogP contribution in [0.4, 0.5) is 11.4 Å². The van der Waals surface area contributed by atoms with Crippen molar-refractivity contribution in [2.75, 3.05) is 16.9 Å². The molecule has 33 heavy (non-hydrogen) atoms. The number of carbonyl (C=O) groups excluding carboxylic acids is 1. The van der Waals surface area contributed by atoms with E-state index in [9.17, 15) is 4.79 Å². The third kappa shape index (κ3) is 3.85. The largest absolute Gasteiger partial charge is 0.496 e. The normalized spacial score (nSPS) is 15.3. The predicted molar refractivity (Wildman–Crippen MR) is 133 cm³/mol. The van der Waals surface area contributed by atoms with E-state index in [-0.39, 0.29) is 12.1 Å². The molecule has 4 nitrogen and oxygen atoms in total. The first-order chi connectivity index (χ1) is 16.2. The Morgan fingerprint density at radius 2 is 1.45 bits per heavy atom. The highest BCUT2D eigenvalue weighted by molar-refractivity contribution is 6.12. The molecule has 164 valence electrons. The first-order valence-corrected chi connectivity index (χ1v) is 11.1. The highest BCUT2D eigenvalue weighted by atomic mass is 16.5. The summed E-state index contributed by atoms with van der Waals surface area (Å²) in [5, 5.41) is 0. The average molecular weight is 435 g/mol. The monoisotopic (exact) mass is 434 g/mol. The van der Waals surface area contributed by atoms with Crippen LogP contribution in [0.15, 0.2) is 103 Å². The lowest BCUT2D eigenvalue weighted by atomic mass is 9.98. The van der Waals surface area contributed by atoms with Crippen molar-refractivity contribution in [2.45, 2.75) is 19.6 Å². The minimum Gasteiger partial charge on any atom is -0.496 e. The van der Waals surface area contributed by atoms with Gasteiger partial charge in [-0.15, -0.1) is 0 Å². The molecule has 0 saturated carbocycles. The second-order valence-corrected chi connectivity index (χ2v) is 8.26. The number of nitrogens with zero attached hydrogens (tertiary/aromatic N) is 2. The number of ether oxygens (including phenoxy) is 1. The summed E-state index contributed by atoms with van der Waals surface area (Å²) in [6, 6.07) is 34.3. The van der Waals surface area contributed by atoms with Gasteiger partial charge in [0.05, 0.1) is 18.4 Å². The van der Waals surface area contributed by atoms with Crippen LogP contribution >= 0.6 is 0 Å². The summed E-state index contributed by atoms with van der Waals surface area (Å²) in [5.74, 6) is 0.736. The van der Waals surface area contributed by atoms with Gasteiger partial charge in [0.2, 0.25) is 0 Å². The van der Waals surface area contributed by atoms with Crippen LogP contribution in [-0.2, 0) is 6.54 Å². The number of fused-ring (bicyclic) bond motifs is 1. The second kappa shape index (κ2) is 8.83. The van der Waals surface area contributed by atoms with Gasteiger partial charge in [0.25, 0.3) is 5.91 Å². The highest BCUT2D eigenvalue weighted by Gasteiger charge is 2.40. The summed E-state index contributed by atoms with van der Waals surface area (Å²) in [6.45, 7) is 2.70. The average Bonchev–Trinajstić information content (AvgIpc) is 2.87. The maximum Gasteiger partial charge on any atom is 0.262 e. The van der Waals surface area contributed by atoms with Crippen molar-refractivity contribution in [2.24, 2.45) is 0 Å². The van der Waals surface area contributed by atoms with Crippen molar-refractivity contribution in [3.8, 4) is 5.75 Å². The molecule has 0 saturated heterocycles. The Balaban J connectivity index is 1.75. The third-order valence-electron chi connectivity index (χ3n) is 6.13. The Labute approximate surface area is 194 Å². The van der Waals surface area contributed by atoms with Gasteiger partial charge in [0, 0.05) is 17.8 Å². The van der Waals surface area contributed by atoms with Gasteiger partial charge in [-0.1, -0.05) is 78.4 Å². The first-order valence-electron chi connectivity index (χ1n) is 11.1. The zero-order valence-corrected chi connectivity index (χ0v) is 18.8. The fourth-order valence-corrected chi connectivity index (χ4v) is 4.52. The molecule has 1 aliphatic rings. The number of aryl methyl sites for hydroxylation is 1. The van der Waals surface area contributed by atoms with Crippen LogP contribution in [0.1, 0.15) is 33.2 Å². The van der Waals surface area contributed by atoms with Crippen molar-refractivity contribution >= 4 is 17.3 Å². The fourth-order valence-electron chi connectivity index (χ4n) is 4.52. The van der Waals surface area contributed by atoms with Crippen molar-refractivity contribution in [1.29, 1.82) is 0 Å². The third-order valence-corrected chi connectivity index (χ3v) is 6.13. The number of anilines is 2. The predicted octanol–water partition coefficient (Wildman–Crippen LogP) is 6.37. The molecule has 1 heterocycles. The molecule has 4 aromatic carbocycles. The van der Waals surface area contributed by atoms with Crippen LogP contribution in [0.25, 0.3) is 0 Å². The highest BCUT2D eigenvalue weighted by Crippen LogP contribution is 2.44. The van der Waals surface area contributed by atoms with E-state index in [0.29, 0.717) is 12.1 Å². The van der Waals surface area contributed by atoms with E-state index in [2.05, 4.69) is 24.0 Å². The zero-order chi connectivity index (χ0) is 22.8. The molecule has 0 N–H and O–H groups in total. The van der Waals surface area contributed by atoms with Crippen LogP contribution in [0.5, 0.6) is 5.75 Å². The second-order valence-electron chi connectivity index (χ2n) is 8.26. The molecule has 1 amide bonds. The van der Waals surface area contributed by atoms with Crippen molar-refractivity contribution < 1.29 is 9.53 Å². The summed E-state index contributed by atoms with van der Waals surface area (Å²) >= 11 is 0. The Bertz CT molecular complexity index is 1270. The zero-order valence-electron chi connectivity index (χ0n) is 18.8. The molecule has 0 fully saturated rings. The van der Waals surface area contributed by atoms with Crippen molar-refractivity contribution in [3.63, 3.8) is 0 Å². The summed E-state index contributed by atoms with van der Waals surface area (Å²) in [5.41, 5.74) is 5.74. The summed E-state index contributed by atoms with van der Waals surface area (Å²) in [6.07, 6.45) is -0.369. The standard InChI is InChI=1S/C29H26N2O2/c1-21-16-18-23(19-17-21)31-28(25-13-7-9-15-27(25)33-2)30(20-22-10-4-3-5-11-22)26-14-8-6-12-24(26)29(31)32/h3-19,28H,20H2,1-2H3/t28-/m1/s1. The fraction of sp³-hybridized carbons (Fsp3) is 0.138. The van der Waals surface area contributed by atoms with Crippen LogP contribution in [0, 0.1) is 6.92 Å².